The highest BCUT2D eigenvalue weighted by molar-refractivity contribution is 5.51. The number of rotatable bonds is 2. The van der Waals surface area contributed by atoms with Gasteiger partial charge < -0.3 is 5.32 Å². The molecule has 1 aliphatic rings. The van der Waals surface area contributed by atoms with Crippen LogP contribution in [0.2, 0.25) is 0 Å². The molecular weight excluding hydrogens is 244 g/mol. The second-order valence-electron chi connectivity index (χ2n) is 5.63. The standard InChI is InChI=1S/C18H18N2/c1-14-5-4-8-17(11-14)20-18(13-19)10-9-15-6-2-3-7-16(15)12-18/h2-8,11,20H,9-10,12H2,1H3. The van der Waals surface area contributed by atoms with Gasteiger partial charge in [-0.15, -0.1) is 0 Å². The van der Waals surface area contributed by atoms with Crippen molar-refractivity contribution < 1.29 is 0 Å². The molecule has 0 aromatic heterocycles. The van der Waals surface area contributed by atoms with E-state index in [4.69, 9.17) is 0 Å². The molecule has 1 N–H and O–H groups in total. The molecule has 1 unspecified atom stereocenters. The summed E-state index contributed by atoms with van der Waals surface area (Å²) in [6, 6.07) is 19.2. The molecule has 0 spiro atoms. The molecule has 3 rings (SSSR count). The Morgan fingerprint density at radius 1 is 1.10 bits per heavy atom. The van der Waals surface area contributed by atoms with Crippen LogP contribution in [-0.4, -0.2) is 5.54 Å². The fourth-order valence-corrected chi connectivity index (χ4v) is 2.96. The predicted molar refractivity (Wildman–Crippen MR) is 81.6 cm³/mol. The number of nitrogens with one attached hydrogen (secondary N) is 1. The lowest BCUT2D eigenvalue weighted by Gasteiger charge is -2.34. The van der Waals surface area contributed by atoms with Crippen LogP contribution in [0.4, 0.5) is 5.69 Å². The maximum Gasteiger partial charge on any atom is 0.129 e. The molecular formula is C18H18N2. The van der Waals surface area contributed by atoms with Gasteiger partial charge in [-0.2, -0.15) is 5.26 Å². The topological polar surface area (TPSA) is 35.8 Å². The Kier molecular flexibility index (Phi) is 3.20. The van der Waals surface area contributed by atoms with Crippen LogP contribution in [0.5, 0.6) is 0 Å². The van der Waals surface area contributed by atoms with E-state index in [2.05, 4.69) is 54.7 Å². The molecule has 0 fully saturated rings. The third-order valence-electron chi connectivity index (χ3n) is 4.05. The first-order chi connectivity index (χ1) is 9.71. The van der Waals surface area contributed by atoms with Crippen molar-refractivity contribution in [1.82, 2.24) is 0 Å². The van der Waals surface area contributed by atoms with Gasteiger partial charge in [-0.25, -0.2) is 0 Å². The van der Waals surface area contributed by atoms with Gasteiger partial charge in [-0.1, -0.05) is 36.4 Å². The van der Waals surface area contributed by atoms with Crippen molar-refractivity contribution >= 4 is 5.69 Å². The van der Waals surface area contributed by atoms with Gasteiger partial charge in [0.2, 0.25) is 0 Å². The lowest BCUT2D eigenvalue weighted by atomic mass is 9.78. The molecule has 0 heterocycles. The van der Waals surface area contributed by atoms with Gasteiger partial charge in [-0.3, -0.25) is 0 Å². The molecule has 0 aliphatic heterocycles. The van der Waals surface area contributed by atoms with Gasteiger partial charge in [0.15, 0.2) is 0 Å². The van der Waals surface area contributed by atoms with E-state index < -0.39 is 5.54 Å². The lowest BCUT2D eigenvalue weighted by molar-refractivity contribution is 0.507. The fourth-order valence-electron chi connectivity index (χ4n) is 2.96. The number of aryl methyl sites for hydroxylation is 2. The van der Waals surface area contributed by atoms with Crippen LogP contribution in [0, 0.1) is 18.3 Å². The number of nitriles is 1. The summed E-state index contributed by atoms with van der Waals surface area (Å²) >= 11 is 0. The van der Waals surface area contributed by atoms with Gasteiger partial charge in [0.05, 0.1) is 6.07 Å². The van der Waals surface area contributed by atoms with E-state index >= 15 is 0 Å². The lowest BCUT2D eigenvalue weighted by Crippen LogP contribution is -2.42. The van der Waals surface area contributed by atoms with E-state index in [1.165, 1.54) is 16.7 Å². The zero-order valence-corrected chi connectivity index (χ0v) is 11.7. The maximum atomic E-state index is 9.69. The molecule has 20 heavy (non-hydrogen) atoms. The van der Waals surface area contributed by atoms with E-state index in [0.29, 0.717) is 0 Å². The highest BCUT2D eigenvalue weighted by Crippen LogP contribution is 2.31. The highest BCUT2D eigenvalue weighted by atomic mass is 15.0. The first kappa shape index (κ1) is 12.7. The molecule has 1 aliphatic carbocycles. The van der Waals surface area contributed by atoms with Crippen molar-refractivity contribution in [2.45, 2.75) is 31.7 Å². The minimum absolute atomic E-state index is 0.484. The predicted octanol–water partition coefficient (Wildman–Crippen LogP) is 3.86. The number of nitrogens with zero attached hydrogens (tertiary/aromatic N) is 1. The monoisotopic (exact) mass is 262 g/mol. The van der Waals surface area contributed by atoms with Crippen LogP contribution < -0.4 is 5.32 Å². The van der Waals surface area contributed by atoms with Crippen LogP contribution >= 0.6 is 0 Å². The third-order valence-corrected chi connectivity index (χ3v) is 4.05. The van der Waals surface area contributed by atoms with E-state index in [-0.39, 0.29) is 0 Å². The molecule has 2 heteroatoms. The molecule has 0 radical (unpaired) electrons. The molecule has 0 saturated carbocycles. The minimum atomic E-state index is -0.484. The summed E-state index contributed by atoms with van der Waals surface area (Å²) in [5.74, 6) is 0. The number of benzene rings is 2. The van der Waals surface area contributed by atoms with Gasteiger partial charge in [-0.05, 0) is 48.6 Å². The molecule has 0 amide bonds. The van der Waals surface area contributed by atoms with Crippen LogP contribution in [0.25, 0.3) is 0 Å². The zero-order valence-electron chi connectivity index (χ0n) is 11.7. The Labute approximate surface area is 120 Å². The Morgan fingerprint density at radius 2 is 1.90 bits per heavy atom. The number of fused-ring (bicyclic) bond motifs is 1. The Balaban J connectivity index is 1.89. The van der Waals surface area contributed by atoms with Crippen molar-refractivity contribution in [3.63, 3.8) is 0 Å². The summed E-state index contributed by atoms with van der Waals surface area (Å²) in [6.07, 6.45) is 2.59. The van der Waals surface area contributed by atoms with Crippen LogP contribution in [0.15, 0.2) is 48.5 Å². The second kappa shape index (κ2) is 5.02. The van der Waals surface area contributed by atoms with E-state index in [9.17, 15) is 5.26 Å². The van der Waals surface area contributed by atoms with Gasteiger partial charge in [0, 0.05) is 12.1 Å². The summed E-state index contributed by atoms with van der Waals surface area (Å²) in [5.41, 5.74) is 4.43. The molecule has 2 aromatic rings. The Bertz CT molecular complexity index is 669. The average Bonchev–Trinajstić information content (AvgIpc) is 2.47. The zero-order chi connectivity index (χ0) is 14.0. The van der Waals surface area contributed by atoms with Crippen molar-refractivity contribution in [2.75, 3.05) is 5.32 Å². The molecule has 0 bridgehead atoms. The van der Waals surface area contributed by atoms with Crippen molar-refractivity contribution in [1.29, 1.82) is 5.26 Å². The summed E-state index contributed by atoms with van der Waals surface area (Å²) in [4.78, 5) is 0. The van der Waals surface area contributed by atoms with Crippen molar-refractivity contribution in [3.8, 4) is 6.07 Å². The molecule has 0 saturated heterocycles. The molecule has 1 atom stereocenters. The Morgan fingerprint density at radius 3 is 2.65 bits per heavy atom. The van der Waals surface area contributed by atoms with Crippen LogP contribution in [-0.2, 0) is 12.8 Å². The second-order valence-corrected chi connectivity index (χ2v) is 5.63. The largest absolute Gasteiger partial charge is 0.367 e. The summed E-state index contributed by atoms with van der Waals surface area (Å²) < 4.78 is 0. The number of hydrogen-bond donors (Lipinski definition) is 1. The van der Waals surface area contributed by atoms with Gasteiger partial charge in [0.1, 0.15) is 5.54 Å². The van der Waals surface area contributed by atoms with E-state index in [1.54, 1.807) is 0 Å². The maximum absolute atomic E-state index is 9.69. The summed E-state index contributed by atoms with van der Waals surface area (Å²) in [6.45, 7) is 2.07. The minimum Gasteiger partial charge on any atom is -0.367 e. The molecule has 2 aromatic carbocycles. The number of anilines is 1. The quantitative estimate of drug-likeness (QED) is 0.892. The van der Waals surface area contributed by atoms with Crippen LogP contribution in [0.1, 0.15) is 23.1 Å². The molecule has 100 valence electrons. The van der Waals surface area contributed by atoms with E-state index in [0.717, 1.165) is 24.9 Å². The fraction of sp³-hybridized carbons (Fsp3) is 0.278. The SMILES string of the molecule is Cc1cccc(NC2(C#N)CCc3ccccc3C2)c1. The summed E-state index contributed by atoms with van der Waals surface area (Å²) in [7, 11) is 0. The van der Waals surface area contributed by atoms with Crippen LogP contribution in [0.3, 0.4) is 0 Å². The normalized spacial score (nSPS) is 20.8. The average molecular weight is 262 g/mol. The Hall–Kier alpha value is -2.27. The van der Waals surface area contributed by atoms with Gasteiger partial charge in [0.25, 0.3) is 0 Å². The summed E-state index contributed by atoms with van der Waals surface area (Å²) in [5, 5.41) is 13.1. The first-order valence-corrected chi connectivity index (χ1v) is 7.04. The van der Waals surface area contributed by atoms with E-state index in [1.807, 2.05) is 12.1 Å². The number of hydrogen-bond acceptors (Lipinski definition) is 2. The van der Waals surface area contributed by atoms with Gasteiger partial charge >= 0.3 is 0 Å². The van der Waals surface area contributed by atoms with Crippen molar-refractivity contribution in [3.05, 3.63) is 65.2 Å². The smallest absolute Gasteiger partial charge is 0.129 e. The first-order valence-electron chi connectivity index (χ1n) is 7.04. The third kappa shape index (κ3) is 2.40. The molecule has 2 nitrogen and oxygen atoms in total. The van der Waals surface area contributed by atoms with Crippen molar-refractivity contribution in [2.24, 2.45) is 0 Å². The highest BCUT2D eigenvalue weighted by Gasteiger charge is 2.34.